The van der Waals surface area contributed by atoms with E-state index in [0.29, 0.717) is 19.1 Å². The van der Waals surface area contributed by atoms with Gasteiger partial charge in [0.15, 0.2) is 0 Å². The Hall–Kier alpha value is -2.34. The molecule has 1 aliphatic heterocycles. The van der Waals surface area contributed by atoms with Crippen molar-refractivity contribution < 1.29 is 44.1 Å². The van der Waals surface area contributed by atoms with Crippen LogP contribution in [0.15, 0.2) is 41.5 Å². The number of rotatable bonds is 8. The molecule has 190 valence electrons. The normalized spacial score (nSPS) is 41.7. The number of oxime groups is 1. The highest BCUT2D eigenvalue weighted by Crippen LogP contribution is 2.42. The summed E-state index contributed by atoms with van der Waals surface area (Å²) in [7, 11) is 0. The fourth-order valence-electron chi connectivity index (χ4n) is 3.34. The van der Waals surface area contributed by atoms with Gasteiger partial charge in [0.2, 0.25) is 0 Å². The first-order valence-electron chi connectivity index (χ1n) is 20.3. The monoisotopic (exact) mass is 505 g/mol. The molecule has 0 bridgehead atoms. The van der Waals surface area contributed by atoms with Gasteiger partial charge in [-0.25, -0.2) is 0 Å². The topological polar surface area (TPSA) is 24.8 Å². The average Bonchev–Trinajstić information content (AvgIpc) is 3.00. The van der Waals surface area contributed by atoms with Crippen LogP contribution in [0.2, 0.25) is 0 Å². The molecule has 2 aromatic carbocycles. The van der Waals surface area contributed by atoms with Crippen LogP contribution in [0.25, 0.3) is 0 Å². The summed E-state index contributed by atoms with van der Waals surface area (Å²) in [5.74, 6) is -5.89. The third-order valence-corrected chi connectivity index (χ3v) is 5.26. The number of likely N-dealkylation sites (tertiary alicyclic amines) is 1. The van der Waals surface area contributed by atoms with Crippen molar-refractivity contribution >= 4 is 5.71 Å². The Balaban J connectivity index is 1.75. The van der Waals surface area contributed by atoms with Gasteiger partial charge in [0.25, 0.3) is 0 Å². The van der Waals surface area contributed by atoms with E-state index in [1.807, 2.05) is 0 Å². The maximum Gasteiger partial charge on any atom is 0.416 e. The van der Waals surface area contributed by atoms with E-state index in [1.54, 1.807) is 6.92 Å². The summed E-state index contributed by atoms with van der Waals surface area (Å²) < 4.78 is 201. The number of hydrogen-bond donors (Lipinski definition) is 0. The lowest BCUT2D eigenvalue weighted by Crippen LogP contribution is -2.36. The van der Waals surface area contributed by atoms with Gasteiger partial charge in [0.05, 0.1) is 15.4 Å². The fourth-order valence-corrected chi connectivity index (χ4v) is 3.34. The van der Waals surface area contributed by atoms with Crippen LogP contribution in [-0.4, -0.2) is 23.6 Å². The zero-order valence-corrected chi connectivity index (χ0v) is 19.2. The zero-order valence-electron chi connectivity index (χ0n) is 38.2. The van der Waals surface area contributed by atoms with E-state index in [4.69, 9.17) is 30.9 Å². The minimum absolute atomic E-state index is 0.0290. The molecule has 2 fully saturated rings. The standard InChI is InChI=1S/C29H37F3N2O/c1-4-23-17-25(11-12-26(23)18-34-14-5-15-34)21(3)33-35-19-22-8-13-27(28(16-22)29(30,31)32)24-9-6-20(2)7-10-24/h8,11-13,16-17,20,24H,4-7,9-10,14-15,18-19H2,1-3H3/b33-21+/i5D,6D2,7D2,9D2,10D2,12D,14D2,15D2,18D2,19D2,20D. The molecule has 0 radical (unpaired) electrons. The molecule has 0 atom stereocenters. The van der Waals surface area contributed by atoms with Gasteiger partial charge in [0, 0.05) is 28.4 Å². The van der Waals surface area contributed by atoms with Gasteiger partial charge in [-0.05, 0) is 97.2 Å². The highest BCUT2D eigenvalue weighted by Gasteiger charge is 2.36. The summed E-state index contributed by atoms with van der Waals surface area (Å²) in [4.78, 5) is 5.23. The van der Waals surface area contributed by atoms with Crippen molar-refractivity contribution in [2.24, 2.45) is 11.0 Å². The van der Waals surface area contributed by atoms with Crippen LogP contribution < -0.4 is 0 Å². The number of hydrogen-bond acceptors (Lipinski definition) is 3. The lowest BCUT2D eigenvalue weighted by atomic mass is 9.78. The fraction of sp³-hybridized carbons (Fsp3) is 0.552. The smallest absolute Gasteiger partial charge is 0.391 e. The third-order valence-electron chi connectivity index (χ3n) is 5.26. The number of nitrogens with zero attached hydrogens (tertiary/aromatic N) is 2. The molecule has 2 aliphatic rings. The number of halogens is 3. The van der Waals surface area contributed by atoms with Crippen LogP contribution in [0.5, 0.6) is 0 Å². The van der Waals surface area contributed by atoms with Crippen molar-refractivity contribution in [3.8, 4) is 0 Å². The Bertz CT molecular complexity index is 1800. The third kappa shape index (κ3) is 6.46. The molecule has 1 saturated carbocycles. The second kappa shape index (κ2) is 11.2. The van der Waals surface area contributed by atoms with Crippen LogP contribution in [0.3, 0.4) is 0 Å². The van der Waals surface area contributed by atoms with Gasteiger partial charge in [-0.1, -0.05) is 56.0 Å². The van der Waals surface area contributed by atoms with E-state index in [2.05, 4.69) is 5.16 Å². The largest absolute Gasteiger partial charge is 0.416 e. The van der Waals surface area contributed by atoms with Crippen LogP contribution in [0.1, 0.15) is 118 Å². The molecule has 1 heterocycles. The minimum Gasteiger partial charge on any atom is -0.391 e. The molecule has 6 heteroatoms. The van der Waals surface area contributed by atoms with Crippen molar-refractivity contribution in [3.05, 3.63) is 69.8 Å². The molecule has 0 spiro atoms. The van der Waals surface area contributed by atoms with E-state index in [0.717, 1.165) is 6.07 Å². The number of alkyl halides is 3. The molecule has 0 amide bonds. The SMILES string of the molecule is [2H]c1cc(/C(C)=N/OC([2H])([2H])c2ccc(C3C([2H])([2H])C([2H])([2H])C([2H])(C)C([2H])([2H])C3([2H])[2H])c(C(F)(F)F)c2)cc(CC)c1C([2H])([2H])N1C([2H])([2H])C([2H])C1([2H])[2H]. The van der Waals surface area contributed by atoms with E-state index < -0.39 is 104 Å². The Morgan fingerprint density at radius 2 is 1.94 bits per heavy atom. The Kier molecular flexibility index (Phi) is 3.49. The van der Waals surface area contributed by atoms with Crippen LogP contribution >= 0.6 is 0 Å². The maximum absolute atomic E-state index is 14.6. The van der Waals surface area contributed by atoms with Gasteiger partial charge in [-0.15, -0.1) is 0 Å². The Labute approximate surface area is 234 Å². The Morgan fingerprint density at radius 1 is 1.20 bits per heavy atom. The average molecular weight is 506 g/mol. The van der Waals surface area contributed by atoms with E-state index in [1.165, 1.54) is 13.0 Å². The summed E-state index contributed by atoms with van der Waals surface area (Å²) in [6.45, 7) is -8.14. The predicted octanol–water partition coefficient (Wildman–Crippen LogP) is 7.71. The highest BCUT2D eigenvalue weighted by molar-refractivity contribution is 5.98. The van der Waals surface area contributed by atoms with Gasteiger partial charge in [0.1, 0.15) is 6.56 Å². The second-order valence-electron chi connectivity index (χ2n) is 7.76. The van der Waals surface area contributed by atoms with Crippen LogP contribution in [-0.2, 0) is 30.5 Å². The highest BCUT2D eigenvalue weighted by atomic mass is 19.4. The van der Waals surface area contributed by atoms with E-state index >= 15 is 0 Å². The number of benzene rings is 2. The van der Waals surface area contributed by atoms with E-state index in [9.17, 15) is 13.2 Å². The lowest BCUT2D eigenvalue weighted by Gasteiger charge is -2.31. The van der Waals surface area contributed by atoms with Gasteiger partial charge < -0.3 is 4.84 Å². The maximum atomic E-state index is 14.6. The Morgan fingerprint density at radius 3 is 2.63 bits per heavy atom. The second-order valence-corrected chi connectivity index (χ2v) is 7.76. The summed E-state index contributed by atoms with van der Waals surface area (Å²) in [6.07, 6.45) is -21.6. The first kappa shape index (κ1) is 11.0. The molecule has 4 rings (SSSR count). The van der Waals surface area contributed by atoms with Crippen LogP contribution in [0.4, 0.5) is 13.2 Å². The van der Waals surface area contributed by atoms with Crippen LogP contribution in [0, 0.1) is 5.89 Å². The van der Waals surface area contributed by atoms with Gasteiger partial charge in [-0.3, -0.25) is 4.90 Å². The molecule has 35 heavy (non-hydrogen) atoms. The quantitative estimate of drug-likeness (QED) is 0.271. The molecule has 0 N–H and O–H groups in total. The lowest BCUT2D eigenvalue weighted by molar-refractivity contribution is -0.138. The van der Waals surface area contributed by atoms with Gasteiger partial charge >= 0.3 is 6.18 Å². The van der Waals surface area contributed by atoms with E-state index in [-0.39, 0.29) is 34.2 Å². The zero-order chi connectivity index (χ0) is 42.0. The minimum atomic E-state index is -5.45. The molecule has 0 aromatic heterocycles. The molecule has 0 unspecified atom stereocenters. The summed E-state index contributed by atoms with van der Waals surface area (Å²) in [5, 5.41) is 3.66. The number of aryl methyl sites for hydroxylation is 1. The summed E-state index contributed by atoms with van der Waals surface area (Å²) in [6, 6.07) is 3.16. The molecule has 1 aliphatic carbocycles. The summed E-state index contributed by atoms with van der Waals surface area (Å²) >= 11 is 0. The van der Waals surface area contributed by atoms with Crippen molar-refractivity contribution in [1.82, 2.24) is 4.90 Å². The molecular weight excluding hydrogens is 449 g/mol. The predicted molar refractivity (Wildman–Crippen MR) is 135 cm³/mol. The van der Waals surface area contributed by atoms with Crippen molar-refractivity contribution in [1.29, 1.82) is 0 Å². The van der Waals surface area contributed by atoms with Crippen molar-refractivity contribution in [2.75, 3.05) is 13.0 Å². The molecule has 3 nitrogen and oxygen atoms in total. The molecule has 1 saturated heterocycles. The van der Waals surface area contributed by atoms with Crippen molar-refractivity contribution in [2.45, 2.75) is 84.2 Å². The van der Waals surface area contributed by atoms with Crippen molar-refractivity contribution in [3.63, 3.8) is 0 Å². The first-order chi connectivity index (χ1) is 23.9. The molecular formula is C29H37F3N2O. The first-order valence-corrected chi connectivity index (χ1v) is 10.7. The molecule has 2 aromatic rings. The summed E-state index contributed by atoms with van der Waals surface area (Å²) in [5.41, 5.74) is -4.37. The van der Waals surface area contributed by atoms with Gasteiger partial charge in [-0.2, -0.15) is 13.2 Å².